The van der Waals surface area contributed by atoms with Crippen LogP contribution in [0.15, 0.2) is 54.6 Å². The molecule has 0 saturated heterocycles. The Morgan fingerprint density at radius 3 is 1.83 bits per heavy atom. The molecule has 2 heteroatoms. The number of rotatable bonds is 11. The van der Waals surface area contributed by atoms with E-state index in [0.717, 1.165) is 17.8 Å². The van der Waals surface area contributed by atoms with Gasteiger partial charge in [0.2, 0.25) is 0 Å². The van der Waals surface area contributed by atoms with Crippen LogP contribution in [0.1, 0.15) is 50.5 Å². The molecule has 0 saturated carbocycles. The predicted octanol–water partition coefficient (Wildman–Crippen LogP) is 5.70. The van der Waals surface area contributed by atoms with Gasteiger partial charge < -0.3 is 10.4 Å². The van der Waals surface area contributed by atoms with E-state index in [9.17, 15) is 0 Å². The number of aryl methyl sites for hydroxylation is 1. The summed E-state index contributed by atoms with van der Waals surface area (Å²) in [6, 6.07) is 19.1. The number of benzene rings is 2. The molecule has 2 nitrogen and oxygen atoms in total. The standard InChI is InChI=1S/C21H29NO/c23-18-10-5-3-1-2-4-7-11-19-14-16-21(17-15-19)22-20-12-8-6-9-13-20/h6,8-9,12-17,22-23H,1-5,7,10-11,18H2. The molecule has 0 heterocycles. The van der Waals surface area contributed by atoms with Crippen LogP contribution in [0.2, 0.25) is 0 Å². The van der Waals surface area contributed by atoms with Crippen LogP contribution in [0.25, 0.3) is 0 Å². The minimum Gasteiger partial charge on any atom is -0.396 e. The van der Waals surface area contributed by atoms with Crippen molar-refractivity contribution in [1.82, 2.24) is 0 Å². The Labute approximate surface area is 140 Å². The van der Waals surface area contributed by atoms with Gasteiger partial charge in [-0.2, -0.15) is 0 Å². The average Bonchev–Trinajstić information content (AvgIpc) is 2.60. The first-order valence-corrected chi connectivity index (χ1v) is 8.90. The third-order valence-electron chi connectivity index (χ3n) is 4.14. The average molecular weight is 311 g/mol. The lowest BCUT2D eigenvalue weighted by Crippen LogP contribution is -1.91. The summed E-state index contributed by atoms with van der Waals surface area (Å²) < 4.78 is 0. The number of hydrogen-bond donors (Lipinski definition) is 2. The van der Waals surface area contributed by atoms with Crippen molar-refractivity contribution >= 4 is 11.4 Å². The van der Waals surface area contributed by atoms with Gasteiger partial charge in [-0.15, -0.1) is 0 Å². The van der Waals surface area contributed by atoms with Crippen LogP contribution >= 0.6 is 0 Å². The quantitative estimate of drug-likeness (QED) is 0.522. The van der Waals surface area contributed by atoms with Gasteiger partial charge in [0.25, 0.3) is 0 Å². The molecule has 0 aliphatic carbocycles. The molecule has 2 rings (SSSR count). The van der Waals surface area contributed by atoms with Gasteiger partial charge >= 0.3 is 0 Å². The summed E-state index contributed by atoms with van der Waals surface area (Å²) in [5, 5.41) is 12.1. The first-order chi connectivity index (χ1) is 11.4. The van der Waals surface area contributed by atoms with Gasteiger partial charge in [-0.05, 0) is 49.1 Å². The second-order valence-corrected chi connectivity index (χ2v) is 6.14. The molecule has 23 heavy (non-hydrogen) atoms. The summed E-state index contributed by atoms with van der Waals surface area (Å²) in [7, 11) is 0. The van der Waals surface area contributed by atoms with Gasteiger partial charge in [-0.1, -0.05) is 62.4 Å². The highest BCUT2D eigenvalue weighted by atomic mass is 16.2. The van der Waals surface area contributed by atoms with Crippen molar-refractivity contribution in [3.63, 3.8) is 0 Å². The lowest BCUT2D eigenvalue weighted by atomic mass is 10.0. The molecule has 0 aromatic heterocycles. The third kappa shape index (κ3) is 7.34. The van der Waals surface area contributed by atoms with E-state index in [0.29, 0.717) is 6.61 Å². The van der Waals surface area contributed by atoms with Crippen molar-refractivity contribution in [2.45, 2.75) is 51.4 Å². The summed E-state index contributed by atoms with van der Waals surface area (Å²) in [5.74, 6) is 0. The van der Waals surface area contributed by atoms with Gasteiger partial charge in [0.05, 0.1) is 0 Å². The van der Waals surface area contributed by atoms with E-state index in [1.807, 2.05) is 18.2 Å². The summed E-state index contributed by atoms with van der Waals surface area (Å²) in [4.78, 5) is 0. The molecule has 0 aliphatic rings. The summed E-state index contributed by atoms with van der Waals surface area (Å²) in [5.41, 5.74) is 3.69. The van der Waals surface area contributed by atoms with Crippen LogP contribution in [-0.2, 0) is 6.42 Å². The van der Waals surface area contributed by atoms with E-state index in [1.165, 1.54) is 50.5 Å². The molecule has 0 radical (unpaired) electrons. The highest BCUT2D eigenvalue weighted by Crippen LogP contribution is 2.18. The molecule has 2 aromatic rings. The normalized spacial score (nSPS) is 10.7. The Hall–Kier alpha value is -1.80. The second kappa shape index (κ2) is 10.8. The number of unbranched alkanes of at least 4 members (excludes halogenated alkanes) is 6. The van der Waals surface area contributed by atoms with Crippen LogP contribution in [0.4, 0.5) is 11.4 Å². The van der Waals surface area contributed by atoms with E-state index in [2.05, 4.69) is 41.7 Å². The van der Waals surface area contributed by atoms with E-state index < -0.39 is 0 Å². The SMILES string of the molecule is OCCCCCCCCCc1ccc(Nc2ccccc2)cc1. The Bertz CT molecular complexity index is 521. The smallest absolute Gasteiger partial charge is 0.0431 e. The van der Waals surface area contributed by atoms with Crippen molar-refractivity contribution in [3.8, 4) is 0 Å². The molecule has 0 amide bonds. The molecular weight excluding hydrogens is 282 g/mol. The fraction of sp³-hybridized carbons (Fsp3) is 0.429. The third-order valence-corrected chi connectivity index (χ3v) is 4.14. The largest absolute Gasteiger partial charge is 0.396 e. The molecule has 0 atom stereocenters. The zero-order chi connectivity index (χ0) is 16.2. The maximum atomic E-state index is 8.73. The Morgan fingerprint density at radius 2 is 1.17 bits per heavy atom. The maximum absolute atomic E-state index is 8.73. The fourth-order valence-electron chi connectivity index (χ4n) is 2.77. The van der Waals surface area contributed by atoms with Gasteiger partial charge in [0.15, 0.2) is 0 Å². The van der Waals surface area contributed by atoms with Crippen molar-refractivity contribution < 1.29 is 5.11 Å². The zero-order valence-corrected chi connectivity index (χ0v) is 14.0. The van der Waals surface area contributed by atoms with E-state index in [1.54, 1.807) is 0 Å². The molecule has 124 valence electrons. The zero-order valence-electron chi connectivity index (χ0n) is 14.0. The van der Waals surface area contributed by atoms with Crippen molar-refractivity contribution in [3.05, 3.63) is 60.2 Å². The highest BCUT2D eigenvalue weighted by molar-refractivity contribution is 5.59. The predicted molar refractivity (Wildman–Crippen MR) is 99.3 cm³/mol. The first kappa shape index (κ1) is 17.6. The van der Waals surface area contributed by atoms with Crippen LogP contribution in [0.5, 0.6) is 0 Å². The summed E-state index contributed by atoms with van der Waals surface area (Å²) in [6.45, 7) is 0.342. The van der Waals surface area contributed by atoms with Crippen LogP contribution in [0, 0.1) is 0 Å². The molecule has 0 bridgehead atoms. The minimum atomic E-state index is 0.342. The van der Waals surface area contributed by atoms with Gasteiger partial charge in [-0.3, -0.25) is 0 Å². The minimum absolute atomic E-state index is 0.342. The number of para-hydroxylation sites is 1. The molecular formula is C21H29NO. The van der Waals surface area contributed by atoms with Crippen molar-refractivity contribution in [2.24, 2.45) is 0 Å². The van der Waals surface area contributed by atoms with Gasteiger partial charge in [0.1, 0.15) is 0 Å². The molecule has 0 aliphatic heterocycles. The Balaban J connectivity index is 1.61. The van der Waals surface area contributed by atoms with Crippen molar-refractivity contribution in [1.29, 1.82) is 0 Å². The van der Waals surface area contributed by atoms with Crippen LogP contribution < -0.4 is 5.32 Å². The van der Waals surface area contributed by atoms with E-state index >= 15 is 0 Å². The second-order valence-electron chi connectivity index (χ2n) is 6.14. The van der Waals surface area contributed by atoms with Crippen molar-refractivity contribution in [2.75, 3.05) is 11.9 Å². The first-order valence-electron chi connectivity index (χ1n) is 8.90. The monoisotopic (exact) mass is 311 g/mol. The van der Waals surface area contributed by atoms with Crippen LogP contribution in [-0.4, -0.2) is 11.7 Å². The van der Waals surface area contributed by atoms with Gasteiger partial charge in [0, 0.05) is 18.0 Å². The molecule has 2 N–H and O–H groups in total. The number of aliphatic hydroxyl groups excluding tert-OH is 1. The Kier molecular flexibility index (Phi) is 8.28. The Morgan fingerprint density at radius 1 is 0.609 bits per heavy atom. The van der Waals surface area contributed by atoms with Gasteiger partial charge in [-0.25, -0.2) is 0 Å². The maximum Gasteiger partial charge on any atom is 0.0431 e. The number of nitrogens with one attached hydrogen (secondary N) is 1. The fourth-order valence-corrected chi connectivity index (χ4v) is 2.77. The molecule has 0 unspecified atom stereocenters. The summed E-state index contributed by atoms with van der Waals surface area (Å²) >= 11 is 0. The number of aliphatic hydroxyl groups is 1. The number of hydrogen-bond acceptors (Lipinski definition) is 2. The molecule has 2 aromatic carbocycles. The summed E-state index contributed by atoms with van der Waals surface area (Å²) in [6.07, 6.45) is 9.77. The number of anilines is 2. The van der Waals surface area contributed by atoms with Crippen LogP contribution in [0.3, 0.4) is 0 Å². The lowest BCUT2D eigenvalue weighted by Gasteiger charge is -2.07. The molecule has 0 spiro atoms. The molecule has 0 fully saturated rings. The van der Waals surface area contributed by atoms with E-state index in [-0.39, 0.29) is 0 Å². The van der Waals surface area contributed by atoms with E-state index in [4.69, 9.17) is 5.11 Å². The topological polar surface area (TPSA) is 32.3 Å². The highest BCUT2D eigenvalue weighted by Gasteiger charge is 1.97. The lowest BCUT2D eigenvalue weighted by molar-refractivity contribution is 0.282.